The minimum Gasteiger partial charge on any atom is -0.444 e. The van der Waals surface area contributed by atoms with Gasteiger partial charge in [0.15, 0.2) is 0 Å². The highest BCUT2D eigenvalue weighted by Gasteiger charge is 2.23. The van der Waals surface area contributed by atoms with Gasteiger partial charge in [-0.3, -0.25) is 19.7 Å². The number of amides is 2. The number of carbonyl (C=O) groups excluding carboxylic acids is 2. The number of nitrogen functional groups attached to an aromatic ring is 3. The summed E-state index contributed by atoms with van der Waals surface area (Å²) in [5, 5.41) is 4.34. The van der Waals surface area contributed by atoms with E-state index in [-0.39, 0.29) is 12.5 Å². The second-order valence-corrected chi connectivity index (χ2v) is 11.4. The maximum absolute atomic E-state index is 12.3. The van der Waals surface area contributed by atoms with Gasteiger partial charge in [-0.1, -0.05) is 31.9 Å². The molecule has 4 aromatic rings. The van der Waals surface area contributed by atoms with Gasteiger partial charge in [0, 0.05) is 26.3 Å². The highest BCUT2D eigenvalue weighted by Crippen LogP contribution is 2.29. The van der Waals surface area contributed by atoms with E-state index >= 15 is 0 Å². The second-order valence-electron chi connectivity index (χ2n) is 9.58. The maximum Gasteiger partial charge on any atom is 0.410 e. The number of hydrogen-bond acceptors (Lipinski definition) is 8. The molecule has 206 valence electrons. The van der Waals surface area contributed by atoms with Crippen molar-refractivity contribution >= 4 is 88.4 Å². The fourth-order valence-electron chi connectivity index (χ4n) is 3.49. The van der Waals surface area contributed by atoms with Crippen LogP contribution in [0.4, 0.5) is 27.5 Å². The summed E-state index contributed by atoms with van der Waals surface area (Å²) in [5.74, 6) is -0.373. The number of aromatic nitrogens is 2. The first-order chi connectivity index (χ1) is 18.3. The molecule has 2 amide bonds. The molecule has 2 aromatic heterocycles. The van der Waals surface area contributed by atoms with Crippen molar-refractivity contribution in [3.8, 4) is 0 Å². The highest BCUT2D eigenvalue weighted by atomic mass is 79.9. The molecule has 0 bridgehead atoms. The zero-order valence-electron chi connectivity index (χ0n) is 22.1. The van der Waals surface area contributed by atoms with Crippen LogP contribution in [0.15, 0.2) is 57.7 Å². The van der Waals surface area contributed by atoms with Gasteiger partial charge in [0.2, 0.25) is 5.91 Å². The Morgan fingerprint density at radius 3 is 2.00 bits per heavy atom. The van der Waals surface area contributed by atoms with E-state index in [2.05, 4.69) is 47.1 Å². The first kappa shape index (κ1) is 29.9. The van der Waals surface area contributed by atoms with E-state index in [9.17, 15) is 9.59 Å². The Balaban J connectivity index is 0.000000268. The molecule has 2 heterocycles. The number of carbonyl (C=O) groups is 2. The van der Waals surface area contributed by atoms with Crippen LogP contribution >= 0.6 is 31.9 Å². The van der Waals surface area contributed by atoms with Crippen LogP contribution in [0.3, 0.4) is 0 Å². The average Bonchev–Trinajstić information content (AvgIpc) is 2.86. The van der Waals surface area contributed by atoms with Crippen molar-refractivity contribution in [3.05, 3.63) is 57.7 Å². The van der Waals surface area contributed by atoms with Gasteiger partial charge in [0.25, 0.3) is 0 Å². The molecule has 0 aliphatic carbocycles. The Morgan fingerprint density at radius 1 is 0.923 bits per heavy atom. The Bertz CT molecular complexity index is 1520. The third kappa shape index (κ3) is 7.93. The number of pyridine rings is 2. The molecule has 0 spiro atoms. The van der Waals surface area contributed by atoms with Gasteiger partial charge in [-0.15, -0.1) is 0 Å². The van der Waals surface area contributed by atoms with Crippen LogP contribution in [0.5, 0.6) is 0 Å². The van der Waals surface area contributed by atoms with Crippen molar-refractivity contribution in [2.24, 2.45) is 0 Å². The Hall–Kier alpha value is -3.64. The molecule has 0 saturated carbocycles. The fourth-order valence-corrected chi connectivity index (χ4v) is 4.18. The van der Waals surface area contributed by atoms with Gasteiger partial charge >= 0.3 is 6.09 Å². The summed E-state index contributed by atoms with van der Waals surface area (Å²) in [6.07, 6.45) is 2.54. The largest absolute Gasteiger partial charge is 0.444 e. The van der Waals surface area contributed by atoms with Crippen LogP contribution in [0.25, 0.3) is 21.8 Å². The first-order valence-electron chi connectivity index (χ1n) is 12.0. The average molecular weight is 661 g/mol. The molecule has 39 heavy (non-hydrogen) atoms. The molecule has 0 atom stereocenters. The molecule has 4 rings (SSSR count). The summed E-state index contributed by atoms with van der Waals surface area (Å²) in [6.45, 7) is 7.32. The second kappa shape index (κ2) is 12.5. The summed E-state index contributed by atoms with van der Waals surface area (Å²) in [4.78, 5) is 34.3. The topological polar surface area (TPSA) is 162 Å². The quantitative estimate of drug-likeness (QED) is 0.209. The van der Waals surface area contributed by atoms with E-state index in [0.29, 0.717) is 29.3 Å². The summed E-state index contributed by atoms with van der Waals surface area (Å²) in [7, 11) is 0. The van der Waals surface area contributed by atoms with Gasteiger partial charge in [0.05, 0.1) is 46.2 Å². The molecule has 0 fully saturated rings. The molecule has 0 radical (unpaired) electrons. The fraction of sp³-hybridized carbons (Fsp3) is 0.259. The van der Waals surface area contributed by atoms with Crippen LogP contribution in [0.1, 0.15) is 27.7 Å². The van der Waals surface area contributed by atoms with E-state index in [0.717, 1.165) is 30.8 Å². The lowest BCUT2D eigenvalue weighted by atomic mass is 10.1. The van der Waals surface area contributed by atoms with E-state index < -0.39 is 11.7 Å². The number of nitrogens with one attached hydrogen (secondary N) is 1. The lowest BCUT2D eigenvalue weighted by molar-refractivity contribution is -0.117. The number of ether oxygens (including phenoxy) is 1. The summed E-state index contributed by atoms with van der Waals surface area (Å²) < 4.78 is 7.18. The predicted octanol–water partition coefficient (Wildman–Crippen LogP) is 5.94. The number of halogens is 2. The van der Waals surface area contributed by atoms with E-state index in [1.54, 1.807) is 33.9 Å². The molecule has 2 aromatic carbocycles. The number of hydrogen-bond donors (Lipinski definition) is 4. The molecular weight excluding hydrogens is 630 g/mol. The van der Waals surface area contributed by atoms with E-state index in [1.807, 2.05) is 36.4 Å². The summed E-state index contributed by atoms with van der Waals surface area (Å²) >= 11 is 6.75. The molecule has 7 N–H and O–H groups in total. The van der Waals surface area contributed by atoms with Gasteiger partial charge < -0.3 is 27.3 Å². The van der Waals surface area contributed by atoms with E-state index in [1.165, 1.54) is 11.1 Å². The highest BCUT2D eigenvalue weighted by molar-refractivity contribution is 9.10. The van der Waals surface area contributed by atoms with Crippen molar-refractivity contribution in [2.75, 3.05) is 35.6 Å². The summed E-state index contributed by atoms with van der Waals surface area (Å²) in [5.41, 5.74) is 20.5. The minimum atomic E-state index is -0.623. The lowest BCUT2D eigenvalue weighted by Crippen LogP contribution is -2.41. The van der Waals surface area contributed by atoms with Crippen LogP contribution in [0.2, 0.25) is 0 Å². The monoisotopic (exact) mass is 659 g/mol. The third-order valence-corrected chi connectivity index (χ3v) is 6.41. The van der Waals surface area contributed by atoms with Gasteiger partial charge in [-0.25, -0.2) is 4.79 Å². The molecule has 0 aliphatic heterocycles. The van der Waals surface area contributed by atoms with Crippen molar-refractivity contribution < 1.29 is 14.3 Å². The molecule has 12 heteroatoms. The maximum atomic E-state index is 12.3. The molecular formula is C27H31Br2N7O3. The SMILES string of the molecule is CCN(CC(=O)Nc1cnc2cc(Br)ccc2c1N)C(=O)OC(C)(C)C.Nc1cnc2cc(Br)ccc2c1N. The Kier molecular flexibility index (Phi) is 9.57. The normalized spacial score (nSPS) is 11.0. The molecule has 10 nitrogen and oxygen atoms in total. The number of benzene rings is 2. The van der Waals surface area contributed by atoms with Gasteiger partial charge in [-0.05, 0) is 64.1 Å². The number of fused-ring (bicyclic) bond motifs is 2. The number of nitrogens with zero attached hydrogens (tertiary/aromatic N) is 3. The number of anilines is 4. The van der Waals surface area contributed by atoms with Gasteiger partial charge in [0.1, 0.15) is 12.1 Å². The first-order valence-corrected chi connectivity index (χ1v) is 13.6. The van der Waals surface area contributed by atoms with Crippen LogP contribution < -0.4 is 22.5 Å². The predicted molar refractivity (Wildman–Crippen MR) is 164 cm³/mol. The standard InChI is InChI=1S/C18H23BrN4O3.C9H8BrN3/c1-5-23(17(25)26-18(2,3)4)10-15(24)22-14-9-21-13-8-11(19)6-7-12(13)16(14)20;10-5-1-2-6-8(3-5)13-4-7(11)9(6)12/h6-9H,5,10H2,1-4H3,(H2,20,21)(H,22,24);1-4H,11H2,(H2,12,13). The zero-order valence-corrected chi connectivity index (χ0v) is 25.3. The number of likely N-dealkylation sites (N-methyl/N-ethyl adjacent to an activating group) is 1. The van der Waals surface area contributed by atoms with Gasteiger partial charge in [-0.2, -0.15) is 0 Å². The number of nitrogens with two attached hydrogens (primary N) is 3. The third-order valence-electron chi connectivity index (χ3n) is 5.42. The Morgan fingerprint density at radius 2 is 1.46 bits per heavy atom. The molecule has 0 aliphatic rings. The van der Waals surface area contributed by atoms with Crippen LogP contribution in [0, 0.1) is 0 Å². The smallest absolute Gasteiger partial charge is 0.410 e. The van der Waals surface area contributed by atoms with Crippen molar-refractivity contribution in [2.45, 2.75) is 33.3 Å². The van der Waals surface area contributed by atoms with Crippen molar-refractivity contribution in [1.82, 2.24) is 14.9 Å². The lowest BCUT2D eigenvalue weighted by Gasteiger charge is -2.26. The minimum absolute atomic E-state index is 0.136. The molecule has 0 saturated heterocycles. The Labute approximate surface area is 243 Å². The van der Waals surface area contributed by atoms with Crippen LogP contribution in [-0.4, -0.2) is 45.6 Å². The van der Waals surface area contributed by atoms with Crippen molar-refractivity contribution in [1.29, 1.82) is 0 Å². The zero-order chi connectivity index (χ0) is 28.9. The molecule has 0 unspecified atom stereocenters. The van der Waals surface area contributed by atoms with Crippen LogP contribution in [-0.2, 0) is 9.53 Å². The number of rotatable bonds is 4. The summed E-state index contributed by atoms with van der Waals surface area (Å²) in [6, 6.07) is 11.3. The van der Waals surface area contributed by atoms with Crippen molar-refractivity contribution in [3.63, 3.8) is 0 Å². The van der Waals surface area contributed by atoms with E-state index in [4.69, 9.17) is 21.9 Å².